The van der Waals surface area contributed by atoms with Gasteiger partial charge in [-0.25, -0.2) is 0 Å². The molecule has 1 N–H and O–H groups in total. The van der Waals surface area contributed by atoms with Crippen molar-refractivity contribution in [3.05, 3.63) is 0 Å². The molecule has 1 rings (SSSR count). The van der Waals surface area contributed by atoms with Gasteiger partial charge in [-0.2, -0.15) is 0 Å². The van der Waals surface area contributed by atoms with Crippen LogP contribution >= 0.6 is 0 Å². The van der Waals surface area contributed by atoms with Crippen molar-refractivity contribution in [3.8, 4) is 0 Å². The predicted octanol–water partition coefficient (Wildman–Crippen LogP) is 1.36. The fourth-order valence-electron chi connectivity index (χ4n) is 2.20. The highest BCUT2D eigenvalue weighted by Crippen LogP contribution is 2.25. The molecule has 2 atom stereocenters. The first-order valence-corrected chi connectivity index (χ1v) is 5.48. The van der Waals surface area contributed by atoms with E-state index in [0.717, 1.165) is 25.9 Å². The van der Waals surface area contributed by atoms with Crippen molar-refractivity contribution in [2.24, 2.45) is 11.8 Å². The number of carboxylic acid groups (broad SMARTS) is 1. The number of rotatable bonds is 3. The van der Waals surface area contributed by atoms with Gasteiger partial charge in [0.2, 0.25) is 5.91 Å². The van der Waals surface area contributed by atoms with Crippen LogP contribution < -0.4 is 0 Å². The normalized spacial score (nSPS) is 23.6. The van der Waals surface area contributed by atoms with Crippen molar-refractivity contribution in [2.75, 3.05) is 13.1 Å². The molecular weight excluding hydrogens is 194 g/mol. The molecule has 2 unspecified atom stereocenters. The number of hydrogen-bond donors (Lipinski definition) is 1. The third kappa shape index (κ3) is 3.53. The first kappa shape index (κ1) is 12.0. The number of carboxylic acids is 1. The quantitative estimate of drug-likeness (QED) is 0.770. The van der Waals surface area contributed by atoms with Gasteiger partial charge in [0.1, 0.15) is 0 Å². The number of carbonyl (C=O) groups is 2. The van der Waals surface area contributed by atoms with E-state index in [0.29, 0.717) is 5.92 Å². The smallest absolute Gasteiger partial charge is 0.303 e. The molecule has 0 radical (unpaired) electrons. The summed E-state index contributed by atoms with van der Waals surface area (Å²) in [7, 11) is 0. The summed E-state index contributed by atoms with van der Waals surface area (Å²) < 4.78 is 0. The molecular formula is C11H19NO3. The van der Waals surface area contributed by atoms with Crippen LogP contribution in [0.2, 0.25) is 0 Å². The first-order chi connectivity index (χ1) is 7.00. The Hall–Kier alpha value is -1.06. The van der Waals surface area contributed by atoms with Gasteiger partial charge in [-0.15, -0.1) is 0 Å². The van der Waals surface area contributed by atoms with Crippen molar-refractivity contribution in [2.45, 2.75) is 33.1 Å². The van der Waals surface area contributed by atoms with Gasteiger partial charge in [0.25, 0.3) is 0 Å². The largest absolute Gasteiger partial charge is 0.481 e. The Balaban J connectivity index is 2.48. The minimum atomic E-state index is -0.748. The van der Waals surface area contributed by atoms with Crippen LogP contribution in [0.3, 0.4) is 0 Å². The first-order valence-electron chi connectivity index (χ1n) is 5.48. The second-order valence-corrected chi connectivity index (χ2v) is 4.44. The van der Waals surface area contributed by atoms with Crippen LogP contribution in [0.1, 0.15) is 33.1 Å². The van der Waals surface area contributed by atoms with Gasteiger partial charge < -0.3 is 10.0 Å². The monoisotopic (exact) mass is 213 g/mol. The lowest BCUT2D eigenvalue weighted by Crippen LogP contribution is -2.40. The third-order valence-electron chi connectivity index (χ3n) is 3.20. The predicted molar refractivity (Wildman–Crippen MR) is 56.4 cm³/mol. The lowest BCUT2D eigenvalue weighted by atomic mass is 9.85. The molecule has 1 saturated heterocycles. The number of likely N-dealkylation sites (tertiary alicyclic amines) is 1. The number of amides is 1. The molecule has 1 aliphatic heterocycles. The van der Waals surface area contributed by atoms with E-state index in [4.69, 9.17) is 5.11 Å². The number of carbonyl (C=O) groups excluding carboxylic acids is 1. The molecule has 0 bridgehead atoms. The maximum Gasteiger partial charge on any atom is 0.303 e. The summed E-state index contributed by atoms with van der Waals surface area (Å²) in [4.78, 5) is 23.6. The highest BCUT2D eigenvalue weighted by molar-refractivity contribution is 5.73. The molecule has 0 saturated carbocycles. The molecule has 1 aliphatic rings. The Bertz CT molecular complexity index is 252. The molecule has 1 amide bonds. The molecule has 0 aliphatic carbocycles. The van der Waals surface area contributed by atoms with E-state index in [-0.39, 0.29) is 18.2 Å². The number of piperidine rings is 1. The fraction of sp³-hybridized carbons (Fsp3) is 0.818. The molecule has 1 heterocycles. The van der Waals surface area contributed by atoms with Crippen LogP contribution in [0, 0.1) is 11.8 Å². The van der Waals surface area contributed by atoms with E-state index in [9.17, 15) is 9.59 Å². The summed E-state index contributed by atoms with van der Waals surface area (Å²) in [6.07, 6.45) is 2.24. The van der Waals surface area contributed by atoms with Crippen LogP contribution in [0.25, 0.3) is 0 Å². The van der Waals surface area contributed by atoms with Crippen LogP contribution in [0.15, 0.2) is 0 Å². The standard InChI is InChI=1S/C11H19NO3/c1-8(6-11(14)15)10-4-3-5-12(7-10)9(2)13/h8,10H,3-7H2,1-2H3,(H,14,15). The van der Waals surface area contributed by atoms with Crippen LogP contribution in [-0.4, -0.2) is 35.0 Å². The molecule has 0 aromatic carbocycles. The fourth-order valence-corrected chi connectivity index (χ4v) is 2.20. The Morgan fingerprint density at radius 1 is 1.53 bits per heavy atom. The van der Waals surface area contributed by atoms with Crippen LogP contribution in [-0.2, 0) is 9.59 Å². The Morgan fingerprint density at radius 3 is 2.73 bits per heavy atom. The average molecular weight is 213 g/mol. The Labute approximate surface area is 90.3 Å². The molecule has 1 fully saturated rings. The highest BCUT2D eigenvalue weighted by Gasteiger charge is 2.26. The summed E-state index contributed by atoms with van der Waals surface area (Å²) in [5, 5.41) is 8.71. The van der Waals surface area contributed by atoms with Gasteiger partial charge >= 0.3 is 5.97 Å². The van der Waals surface area contributed by atoms with E-state index in [2.05, 4.69) is 0 Å². The third-order valence-corrected chi connectivity index (χ3v) is 3.20. The minimum absolute atomic E-state index is 0.0993. The second-order valence-electron chi connectivity index (χ2n) is 4.44. The zero-order chi connectivity index (χ0) is 11.4. The van der Waals surface area contributed by atoms with Crippen molar-refractivity contribution < 1.29 is 14.7 Å². The maximum absolute atomic E-state index is 11.2. The minimum Gasteiger partial charge on any atom is -0.481 e. The summed E-state index contributed by atoms with van der Waals surface area (Å²) in [6, 6.07) is 0. The molecule has 86 valence electrons. The lowest BCUT2D eigenvalue weighted by molar-refractivity contribution is -0.138. The van der Waals surface area contributed by atoms with Crippen LogP contribution in [0.5, 0.6) is 0 Å². The topological polar surface area (TPSA) is 57.6 Å². The van der Waals surface area contributed by atoms with Crippen LogP contribution in [0.4, 0.5) is 0 Å². The van der Waals surface area contributed by atoms with Gasteiger partial charge in [-0.1, -0.05) is 6.92 Å². The Kier molecular flexibility index (Phi) is 4.12. The van der Waals surface area contributed by atoms with Gasteiger partial charge in [-0.05, 0) is 24.7 Å². The molecule has 15 heavy (non-hydrogen) atoms. The average Bonchev–Trinajstić information content (AvgIpc) is 2.17. The number of nitrogens with zero attached hydrogens (tertiary/aromatic N) is 1. The van der Waals surface area contributed by atoms with Crippen molar-refractivity contribution >= 4 is 11.9 Å². The Morgan fingerprint density at radius 2 is 2.20 bits per heavy atom. The lowest BCUT2D eigenvalue weighted by Gasteiger charge is -2.34. The number of aliphatic carboxylic acids is 1. The maximum atomic E-state index is 11.2. The second kappa shape index (κ2) is 5.14. The molecule has 4 nitrogen and oxygen atoms in total. The zero-order valence-corrected chi connectivity index (χ0v) is 9.40. The molecule has 0 spiro atoms. The van der Waals surface area contributed by atoms with E-state index in [1.54, 1.807) is 6.92 Å². The van der Waals surface area contributed by atoms with Gasteiger partial charge in [-0.3, -0.25) is 9.59 Å². The SMILES string of the molecule is CC(=O)N1CCCC(C(C)CC(=O)O)C1. The van der Waals surface area contributed by atoms with E-state index in [1.165, 1.54) is 0 Å². The zero-order valence-electron chi connectivity index (χ0n) is 9.40. The van der Waals surface area contributed by atoms with Crippen molar-refractivity contribution in [1.82, 2.24) is 4.90 Å². The molecule has 0 aromatic heterocycles. The molecule has 4 heteroatoms. The van der Waals surface area contributed by atoms with E-state index >= 15 is 0 Å². The summed E-state index contributed by atoms with van der Waals surface area (Å²) in [5.41, 5.74) is 0. The van der Waals surface area contributed by atoms with E-state index in [1.807, 2.05) is 11.8 Å². The van der Waals surface area contributed by atoms with Gasteiger partial charge in [0.15, 0.2) is 0 Å². The summed E-state index contributed by atoms with van der Waals surface area (Å²) >= 11 is 0. The van der Waals surface area contributed by atoms with Gasteiger partial charge in [0, 0.05) is 26.4 Å². The highest BCUT2D eigenvalue weighted by atomic mass is 16.4. The molecule has 0 aromatic rings. The number of hydrogen-bond acceptors (Lipinski definition) is 2. The summed E-state index contributed by atoms with van der Waals surface area (Å²) in [5.74, 6) is -0.145. The van der Waals surface area contributed by atoms with E-state index < -0.39 is 5.97 Å². The summed E-state index contributed by atoms with van der Waals surface area (Å²) in [6.45, 7) is 5.09. The van der Waals surface area contributed by atoms with Crippen molar-refractivity contribution in [3.63, 3.8) is 0 Å². The van der Waals surface area contributed by atoms with Crippen molar-refractivity contribution in [1.29, 1.82) is 0 Å². The van der Waals surface area contributed by atoms with Gasteiger partial charge in [0.05, 0.1) is 0 Å².